The van der Waals surface area contributed by atoms with Crippen molar-refractivity contribution < 1.29 is 10.2 Å². The summed E-state index contributed by atoms with van der Waals surface area (Å²) < 4.78 is 0. The quantitative estimate of drug-likeness (QED) is 0.767. The Kier molecular flexibility index (Phi) is 6.09. The molecule has 1 aliphatic carbocycles. The summed E-state index contributed by atoms with van der Waals surface area (Å²) in [6.07, 6.45) is 5.66. The van der Waals surface area contributed by atoms with Crippen molar-refractivity contribution in [3.63, 3.8) is 0 Å². The molecule has 0 amide bonds. The SMILES string of the molecule is CCCC1CCC(O)C(CN(C)CC(C)(C)O)C1. The van der Waals surface area contributed by atoms with E-state index in [2.05, 4.69) is 11.8 Å². The molecule has 0 aliphatic heterocycles. The highest BCUT2D eigenvalue weighted by Crippen LogP contribution is 2.32. The fourth-order valence-electron chi connectivity index (χ4n) is 3.34. The molecule has 108 valence electrons. The Hall–Kier alpha value is -0.120. The average molecular weight is 257 g/mol. The minimum Gasteiger partial charge on any atom is -0.393 e. The largest absolute Gasteiger partial charge is 0.393 e. The molecule has 0 aromatic rings. The number of hydrogen-bond acceptors (Lipinski definition) is 3. The maximum atomic E-state index is 10.1. The predicted molar refractivity (Wildman–Crippen MR) is 75.5 cm³/mol. The van der Waals surface area contributed by atoms with Crippen LogP contribution >= 0.6 is 0 Å². The Morgan fingerprint density at radius 2 is 1.94 bits per heavy atom. The highest BCUT2D eigenvalue weighted by atomic mass is 16.3. The molecule has 0 aromatic heterocycles. The van der Waals surface area contributed by atoms with E-state index in [1.165, 1.54) is 19.3 Å². The predicted octanol–water partition coefficient (Wildman–Crippen LogP) is 2.27. The molecule has 0 spiro atoms. The lowest BCUT2D eigenvalue weighted by Gasteiger charge is -2.36. The number of aliphatic hydroxyl groups excluding tert-OH is 1. The lowest BCUT2D eigenvalue weighted by molar-refractivity contribution is 0.00415. The molecular weight excluding hydrogens is 226 g/mol. The summed E-state index contributed by atoms with van der Waals surface area (Å²) in [6, 6.07) is 0. The van der Waals surface area contributed by atoms with Gasteiger partial charge in [-0.15, -0.1) is 0 Å². The van der Waals surface area contributed by atoms with Crippen molar-refractivity contribution >= 4 is 0 Å². The Morgan fingerprint density at radius 3 is 2.50 bits per heavy atom. The van der Waals surface area contributed by atoms with E-state index in [1.807, 2.05) is 20.9 Å². The standard InChI is InChI=1S/C15H31NO2/c1-5-6-12-7-8-14(17)13(9-12)10-16(4)11-15(2,3)18/h12-14,17-18H,5-11H2,1-4H3. The van der Waals surface area contributed by atoms with E-state index in [0.29, 0.717) is 12.5 Å². The van der Waals surface area contributed by atoms with E-state index in [-0.39, 0.29) is 6.10 Å². The van der Waals surface area contributed by atoms with Crippen LogP contribution in [0.25, 0.3) is 0 Å². The lowest BCUT2D eigenvalue weighted by Crippen LogP contribution is -2.42. The van der Waals surface area contributed by atoms with Crippen molar-refractivity contribution in [3.05, 3.63) is 0 Å². The van der Waals surface area contributed by atoms with Gasteiger partial charge in [-0.05, 0) is 52.0 Å². The molecule has 2 N–H and O–H groups in total. The second-order valence-electron chi connectivity index (χ2n) is 6.80. The van der Waals surface area contributed by atoms with Crippen LogP contribution in [0.2, 0.25) is 0 Å². The third-order valence-corrected chi connectivity index (χ3v) is 3.95. The van der Waals surface area contributed by atoms with Crippen molar-refractivity contribution in [2.24, 2.45) is 11.8 Å². The molecule has 3 atom stereocenters. The van der Waals surface area contributed by atoms with Gasteiger partial charge in [-0.1, -0.05) is 19.8 Å². The molecule has 0 heterocycles. The number of nitrogens with zero attached hydrogens (tertiary/aromatic N) is 1. The summed E-state index contributed by atoms with van der Waals surface area (Å²) in [5.74, 6) is 1.17. The molecule has 3 unspecified atom stereocenters. The third kappa shape index (κ3) is 5.68. The minimum absolute atomic E-state index is 0.151. The first-order valence-corrected chi connectivity index (χ1v) is 7.40. The van der Waals surface area contributed by atoms with Crippen LogP contribution in [0.3, 0.4) is 0 Å². The van der Waals surface area contributed by atoms with E-state index in [4.69, 9.17) is 0 Å². The van der Waals surface area contributed by atoms with Gasteiger partial charge in [0, 0.05) is 13.1 Å². The summed E-state index contributed by atoms with van der Waals surface area (Å²) in [7, 11) is 2.04. The first kappa shape index (κ1) is 15.9. The number of likely N-dealkylation sites (N-methyl/N-ethyl adjacent to an activating group) is 1. The summed E-state index contributed by atoms with van der Waals surface area (Å²) in [6.45, 7) is 7.46. The van der Waals surface area contributed by atoms with Crippen molar-refractivity contribution in [2.45, 2.75) is 64.6 Å². The zero-order valence-electron chi connectivity index (χ0n) is 12.5. The second-order valence-corrected chi connectivity index (χ2v) is 6.80. The zero-order chi connectivity index (χ0) is 13.8. The third-order valence-electron chi connectivity index (χ3n) is 3.95. The van der Waals surface area contributed by atoms with Crippen molar-refractivity contribution in [1.29, 1.82) is 0 Å². The Balaban J connectivity index is 2.43. The molecular formula is C15H31NO2. The summed E-state index contributed by atoms with van der Waals surface area (Å²) in [5.41, 5.74) is -0.656. The van der Waals surface area contributed by atoms with Gasteiger partial charge >= 0.3 is 0 Å². The first-order chi connectivity index (χ1) is 8.31. The summed E-state index contributed by atoms with van der Waals surface area (Å²) >= 11 is 0. The van der Waals surface area contributed by atoms with Crippen molar-refractivity contribution in [1.82, 2.24) is 4.90 Å². The van der Waals surface area contributed by atoms with Gasteiger partial charge < -0.3 is 15.1 Å². The topological polar surface area (TPSA) is 43.7 Å². The normalized spacial score (nSPS) is 29.8. The van der Waals surface area contributed by atoms with Crippen molar-refractivity contribution in [3.8, 4) is 0 Å². The number of rotatable bonds is 6. The van der Waals surface area contributed by atoms with Gasteiger partial charge in [0.15, 0.2) is 0 Å². The summed E-state index contributed by atoms with van der Waals surface area (Å²) in [5, 5.41) is 19.9. The number of aliphatic hydroxyl groups is 2. The Labute approximate surface area is 112 Å². The van der Waals surface area contributed by atoms with Crippen LogP contribution in [0.1, 0.15) is 52.9 Å². The van der Waals surface area contributed by atoms with Gasteiger partial charge in [-0.3, -0.25) is 0 Å². The minimum atomic E-state index is -0.656. The van der Waals surface area contributed by atoms with E-state index < -0.39 is 5.60 Å². The van der Waals surface area contributed by atoms with Crippen LogP contribution in [0.5, 0.6) is 0 Å². The fourth-order valence-corrected chi connectivity index (χ4v) is 3.34. The molecule has 1 aliphatic rings. The van der Waals surface area contributed by atoms with Crippen LogP contribution in [0.4, 0.5) is 0 Å². The Bertz CT molecular complexity index is 237. The molecule has 0 aromatic carbocycles. The van der Waals surface area contributed by atoms with E-state index in [0.717, 1.165) is 25.3 Å². The highest BCUT2D eigenvalue weighted by molar-refractivity contribution is 4.82. The van der Waals surface area contributed by atoms with Crippen LogP contribution in [0.15, 0.2) is 0 Å². The molecule has 0 radical (unpaired) electrons. The second kappa shape index (κ2) is 6.88. The molecule has 1 fully saturated rings. The number of hydrogen-bond donors (Lipinski definition) is 2. The smallest absolute Gasteiger partial charge is 0.0718 e. The molecule has 1 rings (SSSR count). The molecule has 0 bridgehead atoms. The lowest BCUT2D eigenvalue weighted by atomic mass is 9.77. The highest BCUT2D eigenvalue weighted by Gasteiger charge is 2.30. The van der Waals surface area contributed by atoms with Gasteiger partial charge in [-0.25, -0.2) is 0 Å². The first-order valence-electron chi connectivity index (χ1n) is 7.40. The van der Waals surface area contributed by atoms with Crippen molar-refractivity contribution in [2.75, 3.05) is 20.1 Å². The van der Waals surface area contributed by atoms with Crippen LogP contribution in [-0.2, 0) is 0 Å². The van der Waals surface area contributed by atoms with Crippen LogP contribution in [-0.4, -0.2) is 47.0 Å². The molecule has 3 heteroatoms. The van der Waals surface area contributed by atoms with Gasteiger partial charge in [0.2, 0.25) is 0 Å². The van der Waals surface area contributed by atoms with E-state index in [1.54, 1.807) is 0 Å². The Morgan fingerprint density at radius 1 is 1.28 bits per heavy atom. The van der Waals surface area contributed by atoms with Crippen LogP contribution < -0.4 is 0 Å². The molecule has 18 heavy (non-hydrogen) atoms. The van der Waals surface area contributed by atoms with Gasteiger partial charge in [0.25, 0.3) is 0 Å². The van der Waals surface area contributed by atoms with E-state index in [9.17, 15) is 10.2 Å². The summed E-state index contributed by atoms with van der Waals surface area (Å²) in [4.78, 5) is 2.15. The van der Waals surface area contributed by atoms with Gasteiger partial charge in [0.1, 0.15) is 0 Å². The fraction of sp³-hybridized carbons (Fsp3) is 1.00. The van der Waals surface area contributed by atoms with Gasteiger partial charge in [0.05, 0.1) is 11.7 Å². The maximum Gasteiger partial charge on any atom is 0.0718 e. The monoisotopic (exact) mass is 257 g/mol. The zero-order valence-corrected chi connectivity index (χ0v) is 12.5. The molecule has 1 saturated carbocycles. The average Bonchev–Trinajstić information content (AvgIpc) is 2.20. The molecule has 3 nitrogen and oxygen atoms in total. The van der Waals surface area contributed by atoms with Gasteiger partial charge in [-0.2, -0.15) is 0 Å². The van der Waals surface area contributed by atoms with E-state index >= 15 is 0 Å². The maximum absolute atomic E-state index is 10.1. The van der Waals surface area contributed by atoms with Crippen LogP contribution in [0, 0.1) is 11.8 Å². The molecule has 0 saturated heterocycles.